The smallest absolute Gasteiger partial charge is 0.163 e. The molecule has 2 nitrogen and oxygen atoms in total. The molecule has 0 fully saturated rings. The lowest BCUT2D eigenvalue weighted by atomic mass is 10.1. The molecule has 5 heteroatoms. The molecule has 1 atom stereocenters. The van der Waals surface area contributed by atoms with Crippen LogP contribution < -0.4 is 5.32 Å². The maximum Gasteiger partial charge on any atom is 0.163 e. The number of halogens is 2. The molecule has 0 aliphatic carbocycles. The third-order valence-corrected chi connectivity index (χ3v) is 3.93. The minimum atomic E-state index is -0.804. The van der Waals surface area contributed by atoms with E-state index in [1.807, 2.05) is 19.2 Å². The second-order valence-corrected chi connectivity index (χ2v) is 5.39. The molecule has 1 aromatic heterocycles. The van der Waals surface area contributed by atoms with E-state index in [-0.39, 0.29) is 6.04 Å². The Hall–Kier alpha value is -1.33. The van der Waals surface area contributed by atoms with Crippen molar-refractivity contribution in [2.24, 2.45) is 0 Å². The van der Waals surface area contributed by atoms with Gasteiger partial charge in [0.15, 0.2) is 11.6 Å². The van der Waals surface area contributed by atoms with Crippen molar-refractivity contribution in [1.82, 2.24) is 10.3 Å². The summed E-state index contributed by atoms with van der Waals surface area (Å²) in [5, 5.41) is 6.24. The highest BCUT2D eigenvalue weighted by Gasteiger charge is 2.13. The molecule has 0 bridgehead atoms. The number of rotatable bonds is 5. The van der Waals surface area contributed by atoms with Gasteiger partial charge in [-0.15, -0.1) is 11.3 Å². The molecule has 0 aliphatic heterocycles. The van der Waals surface area contributed by atoms with Gasteiger partial charge in [0.25, 0.3) is 0 Å². The van der Waals surface area contributed by atoms with Crippen molar-refractivity contribution in [2.75, 3.05) is 6.54 Å². The molecule has 1 unspecified atom stereocenters. The van der Waals surface area contributed by atoms with Crippen LogP contribution in [0.5, 0.6) is 0 Å². The first-order chi connectivity index (χ1) is 9.08. The quantitative estimate of drug-likeness (QED) is 0.906. The Balaban J connectivity index is 1.90. The van der Waals surface area contributed by atoms with E-state index >= 15 is 0 Å². The number of nitrogens with one attached hydrogen (secondary N) is 1. The molecule has 1 heterocycles. The first kappa shape index (κ1) is 14.1. The molecule has 0 amide bonds. The Kier molecular flexibility index (Phi) is 4.61. The molecule has 2 aromatic rings. The lowest BCUT2D eigenvalue weighted by Crippen LogP contribution is -2.22. The van der Waals surface area contributed by atoms with E-state index in [1.54, 1.807) is 17.4 Å². The summed E-state index contributed by atoms with van der Waals surface area (Å²) in [7, 11) is 0. The number of hydrogen-bond acceptors (Lipinski definition) is 3. The Morgan fingerprint density at radius 2 is 2.16 bits per heavy atom. The van der Waals surface area contributed by atoms with Crippen LogP contribution in [0.1, 0.15) is 29.2 Å². The summed E-state index contributed by atoms with van der Waals surface area (Å²) in [5.41, 5.74) is 1.37. The summed E-state index contributed by atoms with van der Waals surface area (Å²) in [6.45, 7) is 4.47. The molecule has 2 rings (SSSR count). The predicted octanol–water partition coefficient (Wildman–Crippen LogP) is 3.62. The Bertz CT molecular complexity index is 554. The summed E-state index contributed by atoms with van der Waals surface area (Å²) in [5.74, 6) is -1.57. The second-order valence-electron chi connectivity index (χ2n) is 4.45. The van der Waals surface area contributed by atoms with Gasteiger partial charge < -0.3 is 5.32 Å². The van der Waals surface area contributed by atoms with Crippen LogP contribution in [0.4, 0.5) is 8.78 Å². The van der Waals surface area contributed by atoms with Gasteiger partial charge in [0.05, 0.1) is 5.01 Å². The van der Waals surface area contributed by atoms with Crippen LogP contribution >= 0.6 is 11.3 Å². The van der Waals surface area contributed by atoms with Crippen LogP contribution in [0.2, 0.25) is 0 Å². The van der Waals surface area contributed by atoms with Gasteiger partial charge in [-0.25, -0.2) is 13.8 Å². The van der Waals surface area contributed by atoms with Crippen molar-refractivity contribution < 1.29 is 8.78 Å². The van der Waals surface area contributed by atoms with Gasteiger partial charge in [-0.05, 0) is 19.9 Å². The summed E-state index contributed by atoms with van der Waals surface area (Å²) < 4.78 is 26.7. The van der Waals surface area contributed by atoms with Gasteiger partial charge in [-0.1, -0.05) is 12.1 Å². The van der Waals surface area contributed by atoms with Crippen molar-refractivity contribution in [3.05, 3.63) is 51.5 Å². The number of benzene rings is 1. The first-order valence-electron chi connectivity index (χ1n) is 6.16. The maximum atomic E-state index is 13.6. The number of nitrogens with zero attached hydrogens (tertiary/aromatic N) is 1. The average molecular weight is 282 g/mol. The van der Waals surface area contributed by atoms with Crippen molar-refractivity contribution in [3.8, 4) is 0 Å². The van der Waals surface area contributed by atoms with Crippen LogP contribution in [-0.4, -0.2) is 11.5 Å². The Morgan fingerprint density at radius 1 is 1.37 bits per heavy atom. The summed E-state index contributed by atoms with van der Waals surface area (Å²) in [6, 6.07) is 4.03. The van der Waals surface area contributed by atoms with Gasteiger partial charge in [0, 0.05) is 35.6 Å². The predicted molar refractivity (Wildman–Crippen MR) is 73.3 cm³/mol. The molecular weight excluding hydrogens is 266 g/mol. The minimum Gasteiger partial charge on any atom is -0.310 e. The van der Waals surface area contributed by atoms with E-state index in [2.05, 4.69) is 10.3 Å². The van der Waals surface area contributed by atoms with E-state index in [4.69, 9.17) is 0 Å². The third-order valence-electron chi connectivity index (χ3n) is 2.90. The fourth-order valence-corrected chi connectivity index (χ4v) is 2.65. The van der Waals surface area contributed by atoms with Crippen molar-refractivity contribution >= 4 is 11.3 Å². The lowest BCUT2D eigenvalue weighted by molar-refractivity contribution is 0.474. The lowest BCUT2D eigenvalue weighted by Gasteiger charge is -2.14. The molecule has 102 valence electrons. The number of aromatic nitrogens is 1. The highest BCUT2D eigenvalue weighted by Crippen LogP contribution is 2.19. The Labute approximate surface area is 115 Å². The van der Waals surface area contributed by atoms with Gasteiger partial charge in [-0.2, -0.15) is 0 Å². The van der Waals surface area contributed by atoms with Crippen molar-refractivity contribution in [1.29, 1.82) is 0 Å². The first-order valence-corrected chi connectivity index (χ1v) is 7.04. The molecule has 1 N–H and O–H groups in total. The zero-order chi connectivity index (χ0) is 13.8. The van der Waals surface area contributed by atoms with E-state index in [0.29, 0.717) is 12.1 Å². The summed E-state index contributed by atoms with van der Waals surface area (Å²) in [6.07, 6.45) is 0.791. The molecule has 0 saturated heterocycles. The Morgan fingerprint density at radius 3 is 2.84 bits per heavy atom. The van der Waals surface area contributed by atoms with E-state index in [0.717, 1.165) is 23.2 Å². The standard InChI is InChI=1S/C14H16F2N2S/c1-9-8-19-13(18-9)6-7-17-10(2)11-4-3-5-12(15)14(11)16/h3-5,8,10,17H,6-7H2,1-2H3. The van der Waals surface area contributed by atoms with Crippen LogP contribution in [0.15, 0.2) is 23.6 Å². The van der Waals surface area contributed by atoms with Crippen LogP contribution in [-0.2, 0) is 6.42 Å². The van der Waals surface area contributed by atoms with E-state index in [9.17, 15) is 8.78 Å². The SMILES string of the molecule is Cc1csc(CCNC(C)c2cccc(F)c2F)n1. The van der Waals surface area contributed by atoms with Crippen LogP contribution in [0.3, 0.4) is 0 Å². The normalized spacial score (nSPS) is 12.6. The topological polar surface area (TPSA) is 24.9 Å². The monoisotopic (exact) mass is 282 g/mol. The third kappa shape index (κ3) is 3.58. The van der Waals surface area contributed by atoms with Crippen LogP contribution in [0, 0.1) is 18.6 Å². The number of thiazole rings is 1. The molecule has 0 aliphatic rings. The van der Waals surface area contributed by atoms with Crippen molar-refractivity contribution in [3.63, 3.8) is 0 Å². The minimum absolute atomic E-state index is 0.225. The summed E-state index contributed by atoms with van der Waals surface area (Å²) in [4.78, 5) is 4.36. The van der Waals surface area contributed by atoms with Crippen molar-refractivity contribution in [2.45, 2.75) is 26.3 Å². The molecule has 0 radical (unpaired) electrons. The molecule has 1 aromatic carbocycles. The number of hydrogen-bond donors (Lipinski definition) is 1. The molecule has 0 saturated carbocycles. The van der Waals surface area contributed by atoms with E-state index in [1.165, 1.54) is 6.07 Å². The fourth-order valence-electron chi connectivity index (χ4n) is 1.88. The molecular formula is C14H16F2N2S. The highest BCUT2D eigenvalue weighted by atomic mass is 32.1. The van der Waals surface area contributed by atoms with E-state index < -0.39 is 11.6 Å². The highest BCUT2D eigenvalue weighted by molar-refractivity contribution is 7.09. The van der Waals surface area contributed by atoms with Gasteiger partial charge in [0.1, 0.15) is 0 Å². The largest absolute Gasteiger partial charge is 0.310 e. The molecule has 19 heavy (non-hydrogen) atoms. The zero-order valence-corrected chi connectivity index (χ0v) is 11.7. The van der Waals surface area contributed by atoms with Crippen LogP contribution in [0.25, 0.3) is 0 Å². The second kappa shape index (κ2) is 6.21. The average Bonchev–Trinajstić information content (AvgIpc) is 2.78. The zero-order valence-electron chi connectivity index (χ0n) is 10.9. The molecule has 0 spiro atoms. The van der Waals surface area contributed by atoms with Gasteiger partial charge >= 0.3 is 0 Å². The summed E-state index contributed by atoms with van der Waals surface area (Å²) >= 11 is 1.62. The van der Waals surface area contributed by atoms with Gasteiger partial charge in [-0.3, -0.25) is 0 Å². The fraction of sp³-hybridized carbons (Fsp3) is 0.357. The maximum absolute atomic E-state index is 13.6. The van der Waals surface area contributed by atoms with Gasteiger partial charge in [0.2, 0.25) is 0 Å². The number of aryl methyl sites for hydroxylation is 1.